The topological polar surface area (TPSA) is 0 Å². The van der Waals surface area contributed by atoms with E-state index in [1.807, 2.05) is 0 Å². The average molecular weight is 642 g/mol. The van der Waals surface area contributed by atoms with Crippen LogP contribution in [0.25, 0.3) is 0 Å². The second-order valence-corrected chi connectivity index (χ2v) is 14.6. The molecule has 0 bridgehead atoms. The molecule has 164 valence electrons. The first-order chi connectivity index (χ1) is 13.1. The van der Waals surface area contributed by atoms with E-state index in [1.54, 1.807) is 24.3 Å². The first kappa shape index (κ1) is 25.1. The largest absolute Gasteiger partial charge is 0.120 e. The molecule has 3 saturated carbocycles. The van der Waals surface area contributed by atoms with E-state index < -0.39 is 61.5 Å². The van der Waals surface area contributed by atoms with Crippen LogP contribution in [0, 0.1) is 0 Å². The maximum Gasteiger partial charge on any atom is 0.110 e. The van der Waals surface area contributed by atoms with Gasteiger partial charge in [0, 0.05) is 0 Å². The van der Waals surface area contributed by atoms with Gasteiger partial charge in [-0.3, -0.25) is 0 Å². The SMILES string of the molecule is ClC1C(Cl)C(Cl)C2(Cl)C(Cl)(C1Cl)C(Cl)C(Cl)C1(Cl)CC1(Cl)C1(Cl)C=CC=CC12Cl. The van der Waals surface area contributed by atoms with Gasteiger partial charge in [0.25, 0.3) is 0 Å². The Morgan fingerprint density at radius 1 is 0.586 bits per heavy atom. The van der Waals surface area contributed by atoms with Crippen LogP contribution >= 0.6 is 139 Å². The van der Waals surface area contributed by atoms with Crippen LogP contribution in [0.3, 0.4) is 0 Å². The number of halogens is 12. The molecule has 0 heterocycles. The Labute approximate surface area is 229 Å². The van der Waals surface area contributed by atoms with Gasteiger partial charge in [-0.25, -0.2) is 0 Å². The molecule has 0 N–H and O–H groups in total. The molecule has 12 unspecified atom stereocenters. The molecule has 12 heteroatoms. The smallest absolute Gasteiger partial charge is 0.110 e. The summed E-state index contributed by atoms with van der Waals surface area (Å²) in [5, 5.41) is -6.12. The molecule has 12 atom stereocenters. The fourth-order valence-electron chi connectivity index (χ4n) is 4.95. The van der Waals surface area contributed by atoms with E-state index in [-0.39, 0.29) is 6.42 Å². The fourth-order valence-corrected chi connectivity index (χ4v) is 11.8. The molecule has 0 nitrogen and oxygen atoms in total. The standard InChI is InChI=1S/C17H12Cl12/c18-6-7(19)9(21)17(29)14(26)4-2-1-3-13(14,25)15(27)5-12(15,24)10(22)11(23)16(17,28)8(6)20/h1-4,6-11H,5H2. The second kappa shape index (κ2) is 7.24. The molecule has 0 aromatic rings. The Kier molecular flexibility index (Phi) is 6.26. The zero-order valence-electron chi connectivity index (χ0n) is 14.0. The summed E-state index contributed by atoms with van der Waals surface area (Å²) in [7, 11) is 0. The summed E-state index contributed by atoms with van der Waals surface area (Å²) in [6.07, 6.45) is 6.77. The van der Waals surface area contributed by atoms with Crippen LogP contribution in [-0.4, -0.2) is 61.5 Å². The summed E-state index contributed by atoms with van der Waals surface area (Å²) >= 11 is 83.1. The van der Waals surface area contributed by atoms with Gasteiger partial charge in [-0.1, -0.05) is 24.3 Å². The minimum atomic E-state index is -1.83. The molecule has 3 fully saturated rings. The van der Waals surface area contributed by atoms with E-state index in [1.165, 1.54) is 0 Å². The summed E-state index contributed by atoms with van der Waals surface area (Å²) in [6, 6.07) is 0. The summed E-state index contributed by atoms with van der Waals surface area (Å²) < 4.78 is 0. The van der Waals surface area contributed by atoms with Crippen molar-refractivity contribution in [2.24, 2.45) is 0 Å². The van der Waals surface area contributed by atoms with E-state index in [2.05, 4.69) is 0 Å². The van der Waals surface area contributed by atoms with Gasteiger partial charge in [0.05, 0.1) is 42.0 Å². The van der Waals surface area contributed by atoms with Crippen molar-refractivity contribution in [2.45, 2.75) is 67.9 Å². The van der Waals surface area contributed by atoms with Crippen LogP contribution < -0.4 is 0 Å². The zero-order chi connectivity index (χ0) is 22.0. The minimum absolute atomic E-state index is 0.200. The van der Waals surface area contributed by atoms with Crippen molar-refractivity contribution >= 4 is 139 Å². The number of rotatable bonds is 0. The number of hydrogen-bond acceptors (Lipinski definition) is 0. The summed E-state index contributed by atoms with van der Waals surface area (Å²) in [6.45, 7) is 0. The Morgan fingerprint density at radius 2 is 1.07 bits per heavy atom. The van der Waals surface area contributed by atoms with Gasteiger partial charge < -0.3 is 0 Å². The normalized spacial score (nSPS) is 66.3. The van der Waals surface area contributed by atoms with Gasteiger partial charge in [-0.2, -0.15) is 0 Å². The zero-order valence-corrected chi connectivity index (χ0v) is 23.1. The van der Waals surface area contributed by atoms with E-state index in [0.29, 0.717) is 0 Å². The van der Waals surface area contributed by atoms with Gasteiger partial charge in [0.15, 0.2) is 0 Å². The highest BCUT2D eigenvalue weighted by molar-refractivity contribution is 6.58. The molecule has 29 heavy (non-hydrogen) atoms. The van der Waals surface area contributed by atoms with Crippen LogP contribution in [-0.2, 0) is 0 Å². The highest BCUT2D eigenvalue weighted by Crippen LogP contribution is 2.79. The monoisotopic (exact) mass is 636 g/mol. The average Bonchev–Trinajstić information content (AvgIpc) is 3.27. The van der Waals surface area contributed by atoms with Crippen molar-refractivity contribution in [2.75, 3.05) is 0 Å². The summed E-state index contributed by atoms with van der Waals surface area (Å²) in [4.78, 5) is -9.40. The Hall–Kier alpha value is 2.96. The third kappa shape index (κ3) is 2.55. The Balaban J connectivity index is 2.10. The highest BCUT2D eigenvalue weighted by Gasteiger charge is 2.90. The molecule has 0 aromatic heterocycles. The first-order valence-corrected chi connectivity index (χ1v) is 13.4. The molecule has 4 rings (SSSR count). The molecular weight excluding hydrogens is 630 g/mol. The van der Waals surface area contributed by atoms with Gasteiger partial charge in [-0.15, -0.1) is 139 Å². The van der Waals surface area contributed by atoms with Gasteiger partial charge in [-0.05, 0) is 6.42 Å². The molecule has 4 aliphatic carbocycles. The quantitative estimate of drug-likeness (QED) is 0.235. The van der Waals surface area contributed by atoms with Gasteiger partial charge >= 0.3 is 0 Å². The van der Waals surface area contributed by atoms with Crippen LogP contribution in [0.2, 0.25) is 0 Å². The third-order valence-electron chi connectivity index (χ3n) is 6.73. The maximum absolute atomic E-state index is 7.32. The summed E-state index contributed by atoms with van der Waals surface area (Å²) in [5.41, 5.74) is 0. The lowest BCUT2D eigenvalue weighted by atomic mass is 9.60. The van der Waals surface area contributed by atoms with Crippen molar-refractivity contribution in [3.8, 4) is 0 Å². The molecule has 0 amide bonds. The van der Waals surface area contributed by atoms with Crippen LogP contribution in [0.4, 0.5) is 0 Å². The third-order valence-corrected chi connectivity index (χ3v) is 16.2. The lowest BCUT2D eigenvalue weighted by molar-refractivity contribution is 0.220. The Bertz CT molecular complexity index is 803. The van der Waals surface area contributed by atoms with Crippen molar-refractivity contribution in [3.05, 3.63) is 24.3 Å². The maximum atomic E-state index is 7.32. The highest BCUT2D eigenvalue weighted by atomic mass is 35.5. The number of hydrogen-bond donors (Lipinski definition) is 0. The van der Waals surface area contributed by atoms with E-state index in [9.17, 15) is 0 Å². The number of allylic oxidation sites excluding steroid dienone is 4. The first-order valence-electron chi connectivity index (χ1n) is 8.47. The molecule has 4 aliphatic rings. The molecule has 0 aromatic carbocycles. The number of fused-ring (bicyclic) bond motifs is 5. The van der Waals surface area contributed by atoms with Gasteiger partial charge in [0.1, 0.15) is 19.5 Å². The summed E-state index contributed by atoms with van der Waals surface area (Å²) in [5.74, 6) is 0. The molecule has 0 aliphatic heterocycles. The van der Waals surface area contributed by atoms with Crippen molar-refractivity contribution in [1.29, 1.82) is 0 Å². The lowest BCUT2D eigenvalue weighted by Gasteiger charge is -2.66. The predicted molar refractivity (Wildman–Crippen MR) is 132 cm³/mol. The van der Waals surface area contributed by atoms with Crippen LogP contribution in [0.5, 0.6) is 0 Å². The Morgan fingerprint density at radius 3 is 1.62 bits per heavy atom. The number of alkyl halides is 12. The van der Waals surface area contributed by atoms with Crippen molar-refractivity contribution < 1.29 is 0 Å². The van der Waals surface area contributed by atoms with Crippen molar-refractivity contribution in [1.82, 2.24) is 0 Å². The van der Waals surface area contributed by atoms with E-state index in [4.69, 9.17) is 139 Å². The second-order valence-electron chi connectivity index (χ2n) is 7.96. The molecular formula is C17H12Cl12. The fraction of sp³-hybridized carbons (Fsp3) is 0.765. The van der Waals surface area contributed by atoms with Crippen LogP contribution in [0.1, 0.15) is 6.42 Å². The molecule has 0 spiro atoms. The van der Waals surface area contributed by atoms with E-state index in [0.717, 1.165) is 0 Å². The van der Waals surface area contributed by atoms with Crippen LogP contribution in [0.15, 0.2) is 24.3 Å². The predicted octanol–water partition coefficient (Wildman–Crippen LogP) is 8.05. The molecule has 0 radical (unpaired) electrons. The minimum Gasteiger partial charge on any atom is -0.120 e. The van der Waals surface area contributed by atoms with E-state index >= 15 is 0 Å². The lowest BCUT2D eigenvalue weighted by Crippen LogP contribution is -2.83. The molecule has 0 saturated heterocycles. The van der Waals surface area contributed by atoms with Gasteiger partial charge in [0.2, 0.25) is 0 Å². The van der Waals surface area contributed by atoms with Crippen molar-refractivity contribution in [3.63, 3.8) is 0 Å².